The number of halogens is 2. The van der Waals surface area contributed by atoms with Crippen LogP contribution in [-0.2, 0) is 15.7 Å². The third-order valence-electron chi connectivity index (χ3n) is 3.10. The number of alkyl halides is 1. The van der Waals surface area contributed by atoms with Crippen LogP contribution in [0.3, 0.4) is 0 Å². The summed E-state index contributed by atoms with van der Waals surface area (Å²) in [4.78, 5) is 0. The molecule has 2 atom stereocenters. The van der Waals surface area contributed by atoms with Crippen molar-refractivity contribution >= 4 is 28.5 Å². The Bertz CT molecular complexity index is 526. The van der Waals surface area contributed by atoms with Crippen molar-refractivity contribution in [1.29, 1.82) is 0 Å². The molecule has 1 aromatic carbocycles. The molecule has 0 radical (unpaired) electrons. The normalized spacial score (nSPS) is 15.5. The first kappa shape index (κ1) is 19.1. The van der Waals surface area contributed by atoms with Gasteiger partial charge in [0, 0.05) is 5.88 Å². The molecule has 6 heteroatoms. The van der Waals surface area contributed by atoms with Gasteiger partial charge in [-0.15, -0.1) is 11.6 Å². The first-order valence-corrected chi connectivity index (χ1v) is 8.79. The lowest BCUT2D eigenvalue weighted by Gasteiger charge is -2.20. The summed E-state index contributed by atoms with van der Waals surface area (Å²) in [5.74, 6) is 0.423. The van der Waals surface area contributed by atoms with Gasteiger partial charge in [0.05, 0.1) is 17.8 Å². The number of ether oxygens (including phenoxy) is 1. The molecule has 0 aliphatic rings. The van der Waals surface area contributed by atoms with E-state index in [1.54, 1.807) is 12.1 Å². The van der Waals surface area contributed by atoms with E-state index in [2.05, 4.69) is 4.40 Å². The molecule has 0 aliphatic heterocycles. The standard InChI is InChI=1S/C16H23ClFNO2S/c1-16(2,3)22(20)19-15(21-4)14(6-5-11-17)12-7-9-13(18)10-8-12/h7-10,14H,5-6,11H2,1-4H3/b19-15-/t14-,22+/m0/s1. The van der Waals surface area contributed by atoms with Crippen molar-refractivity contribution < 1.29 is 13.3 Å². The van der Waals surface area contributed by atoms with E-state index in [1.165, 1.54) is 19.2 Å². The Balaban J connectivity index is 3.14. The maximum Gasteiger partial charge on any atom is 0.204 e. The first-order valence-electron chi connectivity index (χ1n) is 7.15. The zero-order valence-corrected chi connectivity index (χ0v) is 15.0. The van der Waals surface area contributed by atoms with Crippen LogP contribution in [-0.4, -0.2) is 27.8 Å². The summed E-state index contributed by atoms with van der Waals surface area (Å²) in [6, 6.07) is 6.19. The highest BCUT2D eigenvalue weighted by Gasteiger charge is 2.24. The van der Waals surface area contributed by atoms with E-state index in [0.717, 1.165) is 12.0 Å². The predicted octanol–water partition coefficient (Wildman–Crippen LogP) is 4.44. The Labute approximate surface area is 139 Å². The van der Waals surface area contributed by atoms with E-state index in [-0.39, 0.29) is 11.7 Å². The molecule has 124 valence electrons. The molecule has 0 heterocycles. The van der Waals surface area contributed by atoms with Crippen LogP contribution in [0.1, 0.15) is 45.1 Å². The monoisotopic (exact) mass is 347 g/mol. The van der Waals surface area contributed by atoms with Gasteiger partial charge < -0.3 is 4.74 Å². The maximum atomic E-state index is 13.1. The molecule has 0 amide bonds. The average molecular weight is 348 g/mol. The van der Waals surface area contributed by atoms with E-state index in [9.17, 15) is 8.60 Å². The van der Waals surface area contributed by atoms with Crippen molar-refractivity contribution in [2.24, 2.45) is 4.40 Å². The van der Waals surface area contributed by atoms with Gasteiger partial charge in [0.2, 0.25) is 5.90 Å². The number of hydrogen-bond acceptors (Lipinski definition) is 2. The third kappa shape index (κ3) is 5.69. The lowest BCUT2D eigenvalue weighted by Crippen LogP contribution is -2.23. The Morgan fingerprint density at radius 2 is 1.95 bits per heavy atom. The van der Waals surface area contributed by atoms with E-state index in [1.807, 2.05) is 20.8 Å². The van der Waals surface area contributed by atoms with Gasteiger partial charge in [0.15, 0.2) is 0 Å². The number of methoxy groups -OCH3 is 1. The Morgan fingerprint density at radius 3 is 2.41 bits per heavy atom. The van der Waals surface area contributed by atoms with Gasteiger partial charge in [-0.3, -0.25) is 0 Å². The molecule has 0 bridgehead atoms. The van der Waals surface area contributed by atoms with Crippen molar-refractivity contribution in [3.63, 3.8) is 0 Å². The summed E-state index contributed by atoms with van der Waals surface area (Å²) in [6.07, 6.45) is 1.46. The van der Waals surface area contributed by atoms with E-state index >= 15 is 0 Å². The molecular weight excluding hydrogens is 325 g/mol. The zero-order valence-electron chi connectivity index (χ0n) is 13.4. The molecule has 0 aliphatic carbocycles. The molecule has 0 saturated carbocycles. The van der Waals surface area contributed by atoms with E-state index < -0.39 is 15.7 Å². The Kier molecular flexibility index (Phi) is 7.49. The molecule has 1 aromatic rings. The van der Waals surface area contributed by atoms with Crippen LogP contribution in [0.2, 0.25) is 0 Å². The fourth-order valence-electron chi connectivity index (χ4n) is 1.87. The lowest BCUT2D eigenvalue weighted by molar-refractivity contribution is 0.379. The smallest absolute Gasteiger partial charge is 0.204 e. The van der Waals surface area contributed by atoms with Crippen molar-refractivity contribution in [2.75, 3.05) is 13.0 Å². The van der Waals surface area contributed by atoms with Gasteiger partial charge in [0.25, 0.3) is 0 Å². The van der Waals surface area contributed by atoms with Crippen LogP contribution in [0.15, 0.2) is 28.7 Å². The maximum absolute atomic E-state index is 13.1. The number of rotatable bonds is 6. The second-order valence-corrected chi connectivity index (χ2v) is 8.21. The molecule has 0 fully saturated rings. The molecule has 0 saturated heterocycles. The van der Waals surface area contributed by atoms with Crippen molar-refractivity contribution in [3.8, 4) is 0 Å². The second kappa shape index (κ2) is 8.63. The van der Waals surface area contributed by atoms with Gasteiger partial charge in [-0.1, -0.05) is 12.1 Å². The van der Waals surface area contributed by atoms with Crippen LogP contribution >= 0.6 is 11.6 Å². The number of hydrogen-bond donors (Lipinski definition) is 0. The SMILES string of the molecule is CO/C(=N\[S@](=O)C(C)(C)C)[C@@H](CCCCl)c1ccc(F)cc1. The number of benzene rings is 1. The number of nitrogens with zero attached hydrogens (tertiary/aromatic N) is 1. The highest BCUT2D eigenvalue weighted by Crippen LogP contribution is 2.26. The van der Waals surface area contributed by atoms with Crippen molar-refractivity contribution in [3.05, 3.63) is 35.6 Å². The summed E-state index contributed by atoms with van der Waals surface area (Å²) < 4.78 is 34.5. The van der Waals surface area contributed by atoms with E-state index in [4.69, 9.17) is 16.3 Å². The minimum absolute atomic E-state index is 0.185. The molecular formula is C16H23ClFNO2S. The Morgan fingerprint density at radius 1 is 1.36 bits per heavy atom. The lowest BCUT2D eigenvalue weighted by atomic mass is 9.94. The fourth-order valence-corrected chi connectivity index (χ4v) is 2.66. The molecule has 0 aromatic heterocycles. The van der Waals surface area contributed by atoms with Gasteiger partial charge in [-0.05, 0) is 51.3 Å². The minimum atomic E-state index is -1.42. The van der Waals surface area contributed by atoms with Crippen molar-refractivity contribution in [2.45, 2.75) is 44.3 Å². The highest BCUT2D eigenvalue weighted by molar-refractivity contribution is 7.85. The van der Waals surface area contributed by atoms with Crippen LogP contribution in [0.4, 0.5) is 4.39 Å². The van der Waals surface area contributed by atoms with Crippen LogP contribution in [0.25, 0.3) is 0 Å². The zero-order chi connectivity index (χ0) is 16.8. The molecule has 22 heavy (non-hydrogen) atoms. The van der Waals surface area contributed by atoms with Gasteiger partial charge in [-0.2, -0.15) is 4.40 Å². The molecule has 3 nitrogen and oxygen atoms in total. The van der Waals surface area contributed by atoms with Crippen LogP contribution in [0.5, 0.6) is 0 Å². The van der Waals surface area contributed by atoms with Crippen LogP contribution < -0.4 is 0 Å². The topological polar surface area (TPSA) is 38.7 Å². The quantitative estimate of drug-likeness (QED) is 0.433. The summed E-state index contributed by atoms with van der Waals surface area (Å²) in [6.45, 7) is 5.56. The van der Waals surface area contributed by atoms with Gasteiger partial charge in [-0.25, -0.2) is 8.60 Å². The average Bonchev–Trinajstić information content (AvgIpc) is 2.46. The summed E-state index contributed by atoms with van der Waals surface area (Å²) in [5, 5.41) is 0. The minimum Gasteiger partial charge on any atom is -0.483 e. The van der Waals surface area contributed by atoms with Gasteiger partial charge in [0.1, 0.15) is 16.8 Å². The third-order valence-corrected chi connectivity index (χ3v) is 4.76. The van der Waals surface area contributed by atoms with Gasteiger partial charge >= 0.3 is 0 Å². The Hall–Kier alpha value is -0.940. The molecule has 0 spiro atoms. The first-order chi connectivity index (χ1) is 10.3. The van der Waals surface area contributed by atoms with E-state index in [0.29, 0.717) is 18.2 Å². The summed E-state index contributed by atoms with van der Waals surface area (Å²) >= 11 is 5.78. The second-order valence-electron chi connectivity index (χ2n) is 5.93. The summed E-state index contributed by atoms with van der Waals surface area (Å²) in [5.41, 5.74) is 0.873. The molecule has 0 N–H and O–H groups in total. The molecule has 1 rings (SSSR count). The fraction of sp³-hybridized carbons (Fsp3) is 0.562. The van der Waals surface area contributed by atoms with Crippen LogP contribution in [0, 0.1) is 5.82 Å². The summed E-state index contributed by atoms with van der Waals surface area (Å²) in [7, 11) is 0.0942. The molecule has 0 unspecified atom stereocenters. The highest BCUT2D eigenvalue weighted by atomic mass is 35.5. The predicted molar refractivity (Wildman–Crippen MR) is 91.4 cm³/mol. The largest absolute Gasteiger partial charge is 0.483 e. The van der Waals surface area contributed by atoms with Crippen molar-refractivity contribution in [1.82, 2.24) is 0 Å².